The molecule has 5 rings (SSSR count). The number of fused-ring (bicyclic) bond motifs is 2. The van der Waals surface area contributed by atoms with Crippen LogP contribution in [-0.2, 0) is 4.79 Å². The average Bonchev–Trinajstić information content (AvgIpc) is 3.44. The third-order valence-electron chi connectivity index (χ3n) is 4.47. The number of carbonyl (C=O) groups is 3. The van der Waals surface area contributed by atoms with Crippen LogP contribution in [0.4, 0.5) is 6.01 Å². The van der Waals surface area contributed by atoms with Crippen molar-refractivity contribution in [2.24, 2.45) is 0 Å². The van der Waals surface area contributed by atoms with Crippen LogP contribution in [0.3, 0.4) is 0 Å². The number of hydrogen-bond acceptors (Lipinski definition) is 8. The van der Waals surface area contributed by atoms with Crippen LogP contribution in [0.5, 0.6) is 11.5 Å². The fourth-order valence-electron chi connectivity index (χ4n) is 3.11. The van der Waals surface area contributed by atoms with E-state index in [1.165, 1.54) is 0 Å². The second-order valence-corrected chi connectivity index (χ2v) is 6.27. The Hall–Kier alpha value is -4.21. The van der Waals surface area contributed by atoms with Crippen molar-refractivity contribution in [1.29, 1.82) is 0 Å². The van der Waals surface area contributed by atoms with Crippen molar-refractivity contribution in [1.82, 2.24) is 15.1 Å². The molecule has 3 amide bonds. The van der Waals surface area contributed by atoms with E-state index < -0.39 is 24.3 Å². The van der Waals surface area contributed by atoms with Crippen molar-refractivity contribution in [2.45, 2.75) is 0 Å². The van der Waals surface area contributed by atoms with E-state index in [4.69, 9.17) is 13.9 Å². The van der Waals surface area contributed by atoms with Crippen molar-refractivity contribution in [3.05, 3.63) is 53.6 Å². The third-order valence-corrected chi connectivity index (χ3v) is 4.47. The van der Waals surface area contributed by atoms with E-state index in [1.807, 2.05) is 0 Å². The molecular formula is C19H12N4O6. The van der Waals surface area contributed by atoms with Crippen molar-refractivity contribution >= 4 is 23.7 Å². The van der Waals surface area contributed by atoms with Gasteiger partial charge in [-0.1, -0.05) is 17.2 Å². The van der Waals surface area contributed by atoms with Gasteiger partial charge in [-0.3, -0.25) is 24.6 Å². The maximum absolute atomic E-state index is 12.3. The molecule has 10 nitrogen and oxygen atoms in total. The van der Waals surface area contributed by atoms with Crippen molar-refractivity contribution in [3.63, 3.8) is 0 Å². The van der Waals surface area contributed by atoms with E-state index in [0.717, 1.165) is 4.90 Å². The molecule has 0 unspecified atom stereocenters. The number of nitrogens with one attached hydrogen (secondary N) is 1. The van der Waals surface area contributed by atoms with Gasteiger partial charge in [-0.25, -0.2) is 0 Å². The van der Waals surface area contributed by atoms with Crippen molar-refractivity contribution in [2.75, 3.05) is 18.7 Å². The summed E-state index contributed by atoms with van der Waals surface area (Å²) >= 11 is 0. The van der Waals surface area contributed by atoms with Gasteiger partial charge < -0.3 is 13.9 Å². The fourth-order valence-corrected chi connectivity index (χ4v) is 3.11. The van der Waals surface area contributed by atoms with Gasteiger partial charge in [0, 0.05) is 5.56 Å². The molecule has 2 aliphatic heterocycles. The lowest BCUT2D eigenvalue weighted by Crippen LogP contribution is -2.37. The van der Waals surface area contributed by atoms with E-state index >= 15 is 0 Å². The molecule has 0 fully saturated rings. The maximum atomic E-state index is 12.3. The molecule has 2 aromatic carbocycles. The summed E-state index contributed by atoms with van der Waals surface area (Å²) in [6.07, 6.45) is 0. The molecule has 3 aromatic rings. The minimum Gasteiger partial charge on any atom is -0.454 e. The number of anilines is 1. The highest BCUT2D eigenvalue weighted by Gasteiger charge is 2.36. The summed E-state index contributed by atoms with van der Waals surface area (Å²) in [5, 5.41) is 10.1. The highest BCUT2D eigenvalue weighted by molar-refractivity contribution is 6.22. The first-order valence-corrected chi connectivity index (χ1v) is 8.59. The molecule has 2 aliphatic rings. The molecule has 3 heterocycles. The van der Waals surface area contributed by atoms with Crippen molar-refractivity contribution in [3.8, 4) is 23.0 Å². The van der Waals surface area contributed by atoms with Crippen LogP contribution in [0.1, 0.15) is 20.7 Å². The number of aromatic nitrogens is 2. The summed E-state index contributed by atoms with van der Waals surface area (Å²) in [5.41, 5.74) is 1.13. The maximum Gasteiger partial charge on any atom is 0.322 e. The molecule has 0 radical (unpaired) electrons. The van der Waals surface area contributed by atoms with Gasteiger partial charge in [0.2, 0.25) is 18.6 Å². The minimum absolute atomic E-state index is 0.141. The number of benzene rings is 2. The van der Waals surface area contributed by atoms with Gasteiger partial charge in [0.25, 0.3) is 11.8 Å². The summed E-state index contributed by atoms with van der Waals surface area (Å²) < 4.78 is 16.0. The van der Waals surface area contributed by atoms with Crippen molar-refractivity contribution < 1.29 is 28.3 Å². The van der Waals surface area contributed by atoms with E-state index in [2.05, 4.69) is 15.5 Å². The van der Waals surface area contributed by atoms with Gasteiger partial charge >= 0.3 is 6.01 Å². The molecule has 0 atom stereocenters. The van der Waals surface area contributed by atoms with E-state index in [1.54, 1.807) is 42.5 Å². The minimum atomic E-state index is -0.639. The zero-order chi connectivity index (χ0) is 20.0. The first kappa shape index (κ1) is 16.9. The first-order valence-electron chi connectivity index (χ1n) is 8.59. The second kappa shape index (κ2) is 6.44. The number of hydrogen-bond donors (Lipinski definition) is 1. The smallest absolute Gasteiger partial charge is 0.322 e. The van der Waals surface area contributed by atoms with Crippen LogP contribution < -0.4 is 14.8 Å². The van der Waals surface area contributed by atoms with E-state index in [9.17, 15) is 14.4 Å². The van der Waals surface area contributed by atoms with E-state index in [0.29, 0.717) is 17.1 Å². The molecular weight excluding hydrogens is 380 g/mol. The Bertz CT molecular complexity index is 1140. The highest BCUT2D eigenvalue weighted by Crippen LogP contribution is 2.35. The SMILES string of the molecule is O=C(CN1C(=O)c2ccccc2C1=O)Nc1nnc(-c2ccc3c(c2)OCO3)o1. The highest BCUT2D eigenvalue weighted by atomic mass is 16.7. The van der Waals surface area contributed by atoms with Crippen LogP contribution >= 0.6 is 0 Å². The van der Waals surface area contributed by atoms with Gasteiger partial charge in [-0.2, -0.15) is 0 Å². The molecule has 29 heavy (non-hydrogen) atoms. The number of amides is 3. The number of nitrogens with zero attached hydrogens (tertiary/aromatic N) is 3. The Morgan fingerprint density at radius 2 is 1.72 bits per heavy atom. The van der Waals surface area contributed by atoms with Gasteiger partial charge in [-0.15, -0.1) is 5.10 Å². The summed E-state index contributed by atoms with van der Waals surface area (Å²) in [4.78, 5) is 37.8. The lowest BCUT2D eigenvalue weighted by atomic mass is 10.1. The Labute approximate surface area is 163 Å². The van der Waals surface area contributed by atoms with Crippen LogP contribution in [0, 0.1) is 0 Å². The van der Waals surface area contributed by atoms with Gasteiger partial charge in [0.1, 0.15) is 6.54 Å². The number of carbonyl (C=O) groups excluding carboxylic acids is 3. The fraction of sp³-hybridized carbons (Fsp3) is 0.105. The molecule has 0 aliphatic carbocycles. The van der Waals surface area contributed by atoms with E-state index in [-0.39, 0.29) is 29.8 Å². The van der Waals surface area contributed by atoms with Crippen LogP contribution in [0.25, 0.3) is 11.5 Å². The standard InChI is InChI=1S/C19H12N4O6/c24-15(8-23-17(25)11-3-1-2-4-12(11)18(23)26)20-19-22-21-16(29-19)10-5-6-13-14(7-10)28-9-27-13/h1-7H,8-9H2,(H,20,22,24). The average molecular weight is 392 g/mol. The topological polar surface area (TPSA) is 124 Å². The number of ether oxygens (including phenoxy) is 2. The van der Waals surface area contributed by atoms with Crippen LogP contribution in [0.15, 0.2) is 46.9 Å². The lowest BCUT2D eigenvalue weighted by molar-refractivity contribution is -0.116. The zero-order valence-corrected chi connectivity index (χ0v) is 14.7. The molecule has 0 bridgehead atoms. The quantitative estimate of drug-likeness (QED) is 0.666. The first-order chi connectivity index (χ1) is 14.1. The summed E-state index contributed by atoms with van der Waals surface area (Å²) in [6.45, 7) is -0.324. The molecule has 0 saturated carbocycles. The Morgan fingerprint density at radius 1 is 1.00 bits per heavy atom. The lowest BCUT2D eigenvalue weighted by Gasteiger charge is -2.12. The third kappa shape index (κ3) is 2.87. The predicted octanol–water partition coefficient (Wildman–Crippen LogP) is 1.70. The predicted molar refractivity (Wildman–Crippen MR) is 96.3 cm³/mol. The normalized spacial score (nSPS) is 14.3. The van der Waals surface area contributed by atoms with Crippen LogP contribution in [-0.4, -0.2) is 46.2 Å². The molecule has 1 N–H and O–H groups in total. The van der Waals surface area contributed by atoms with Gasteiger partial charge in [-0.05, 0) is 30.3 Å². The molecule has 0 spiro atoms. The number of imide groups is 1. The summed E-state index contributed by atoms with van der Waals surface area (Å²) in [7, 11) is 0. The van der Waals surface area contributed by atoms with Gasteiger partial charge in [0.15, 0.2) is 11.5 Å². The largest absolute Gasteiger partial charge is 0.454 e. The summed E-state index contributed by atoms with van der Waals surface area (Å²) in [5.74, 6) is -0.348. The zero-order valence-electron chi connectivity index (χ0n) is 14.7. The monoisotopic (exact) mass is 392 g/mol. The molecule has 0 saturated heterocycles. The Kier molecular flexibility index (Phi) is 3.76. The Balaban J connectivity index is 1.28. The molecule has 10 heteroatoms. The summed E-state index contributed by atoms with van der Waals surface area (Å²) in [6, 6.07) is 11.4. The second-order valence-electron chi connectivity index (χ2n) is 6.27. The van der Waals surface area contributed by atoms with Crippen LogP contribution in [0.2, 0.25) is 0 Å². The molecule has 144 valence electrons. The van der Waals surface area contributed by atoms with Gasteiger partial charge in [0.05, 0.1) is 11.1 Å². The Morgan fingerprint density at radius 3 is 2.48 bits per heavy atom. The number of rotatable bonds is 4. The molecule has 1 aromatic heterocycles.